The van der Waals surface area contributed by atoms with Crippen molar-refractivity contribution in [3.05, 3.63) is 0 Å². The molecule has 94 valence electrons. The first kappa shape index (κ1) is 13.8. The molecule has 1 aliphatic heterocycles. The molecule has 1 aliphatic rings. The van der Waals surface area contributed by atoms with Crippen molar-refractivity contribution in [2.75, 3.05) is 12.4 Å². The van der Waals surface area contributed by atoms with E-state index >= 15 is 0 Å². The van der Waals surface area contributed by atoms with Crippen LogP contribution in [0.15, 0.2) is 0 Å². The van der Waals surface area contributed by atoms with Crippen molar-refractivity contribution in [3.63, 3.8) is 0 Å². The Morgan fingerprint density at radius 1 is 1.31 bits per heavy atom. The van der Waals surface area contributed by atoms with Gasteiger partial charge in [0, 0.05) is 24.9 Å². The van der Waals surface area contributed by atoms with E-state index < -0.39 is 0 Å². The van der Waals surface area contributed by atoms with E-state index in [1.165, 1.54) is 25.7 Å². The third-order valence-electron chi connectivity index (χ3n) is 3.44. The maximum absolute atomic E-state index is 12.1. The van der Waals surface area contributed by atoms with Crippen molar-refractivity contribution in [3.8, 4) is 0 Å². The summed E-state index contributed by atoms with van der Waals surface area (Å²) in [5.41, 5.74) is 0. The van der Waals surface area contributed by atoms with E-state index in [0.29, 0.717) is 24.2 Å². The minimum absolute atomic E-state index is 0.346. The molecule has 0 N–H and O–H groups in total. The van der Waals surface area contributed by atoms with Crippen molar-refractivity contribution >= 4 is 17.5 Å². The molecule has 0 radical (unpaired) electrons. The summed E-state index contributed by atoms with van der Waals surface area (Å²) < 4.78 is 0. The number of hydrogen-bond acceptors (Lipinski definition) is 1. The Morgan fingerprint density at radius 3 is 2.81 bits per heavy atom. The molecule has 0 aromatic heterocycles. The standard InChI is InChI=1S/C13H24ClNO/c1-2-12-8-4-3-7-11-15(12)13(16)9-5-6-10-14/h12H,2-11H2,1H3. The monoisotopic (exact) mass is 245 g/mol. The van der Waals surface area contributed by atoms with Gasteiger partial charge in [-0.2, -0.15) is 0 Å². The van der Waals surface area contributed by atoms with E-state index in [2.05, 4.69) is 11.8 Å². The number of unbranched alkanes of at least 4 members (excludes halogenated alkanes) is 1. The van der Waals surface area contributed by atoms with Gasteiger partial charge < -0.3 is 4.90 Å². The second kappa shape index (κ2) is 7.94. The van der Waals surface area contributed by atoms with Crippen LogP contribution in [-0.2, 0) is 4.79 Å². The number of carbonyl (C=O) groups is 1. The fourth-order valence-electron chi connectivity index (χ4n) is 2.44. The number of likely N-dealkylation sites (tertiary alicyclic amines) is 1. The maximum atomic E-state index is 12.1. The quantitative estimate of drug-likeness (QED) is 0.536. The first-order valence-electron chi connectivity index (χ1n) is 6.65. The van der Waals surface area contributed by atoms with Crippen molar-refractivity contribution in [2.45, 2.75) is 64.3 Å². The minimum Gasteiger partial charge on any atom is -0.340 e. The highest BCUT2D eigenvalue weighted by Crippen LogP contribution is 2.20. The van der Waals surface area contributed by atoms with Gasteiger partial charge in [0.15, 0.2) is 0 Å². The number of alkyl halides is 1. The van der Waals surface area contributed by atoms with Crippen molar-refractivity contribution < 1.29 is 4.79 Å². The Bertz CT molecular complexity index is 208. The number of carbonyl (C=O) groups excluding carboxylic acids is 1. The third kappa shape index (κ3) is 4.32. The van der Waals surface area contributed by atoms with E-state index in [1.54, 1.807) is 0 Å². The summed E-state index contributed by atoms with van der Waals surface area (Å²) in [4.78, 5) is 14.2. The van der Waals surface area contributed by atoms with Gasteiger partial charge in [0.2, 0.25) is 5.91 Å². The van der Waals surface area contributed by atoms with Gasteiger partial charge in [-0.15, -0.1) is 11.6 Å². The Morgan fingerprint density at radius 2 is 2.12 bits per heavy atom. The van der Waals surface area contributed by atoms with Gasteiger partial charge in [0.1, 0.15) is 0 Å². The van der Waals surface area contributed by atoms with E-state index in [0.717, 1.165) is 25.8 Å². The van der Waals surface area contributed by atoms with E-state index in [-0.39, 0.29) is 0 Å². The van der Waals surface area contributed by atoms with E-state index in [9.17, 15) is 4.79 Å². The summed E-state index contributed by atoms with van der Waals surface area (Å²) in [7, 11) is 0. The summed E-state index contributed by atoms with van der Waals surface area (Å²) in [6.45, 7) is 3.16. The highest BCUT2D eigenvalue weighted by atomic mass is 35.5. The summed E-state index contributed by atoms with van der Waals surface area (Å²) in [5.74, 6) is 1.02. The summed E-state index contributed by atoms with van der Waals surface area (Å²) in [6, 6.07) is 0.492. The van der Waals surface area contributed by atoms with Crippen molar-refractivity contribution in [1.82, 2.24) is 4.90 Å². The molecule has 1 atom stereocenters. The minimum atomic E-state index is 0.346. The van der Waals surface area contributed by atoms with Crippen LogP contribution in [0.2, 0.25) is 0 Å². The molecular formula is C13H24ClNO. The largest absolute Gasteiger partial charge is 0.340 e. The Labute approximate surface area is 104 Å². The zero-order valence-corrected chi connectivity index (χ0v) is 11.1. The summed E-state index contributed by atoms with van der Waals surface area (Å²) in [6.07, 6.45) is 8.61. The maximum Gasteiger partial charge on any atom is 0.222 e. The van der Waals surface area contributed by atoms with Crippen molar-refractivity contribution in [2.24, 2.45) is 0 Å². The van der Waals surface area contributed by atoms with Crippen LogP contribution >= 0.6 is 11.6 Å². The van der Waals surface area contributed by atoms with Gasteiger partial charge in [-0.25, -0.2) is 0 Å². The zero-order chi connectivity index (χ0) is 11.8. The Balaban J connectivity index is 2.42. The number of hydrogen-bond donors (Lipinski definition) is 0. The molecule has 3 heteroatoms. The normalized spacial score (nSPS) is 21.9. The van der Waals surface area contributed by atoms with Gasteiger partial charge in [0.25, 0.3) is 0 Å². The Hall–Kier alpha value is -0.240. The first-order valence-corrected chi connectivity index (χ1v) is 7.18. The molecule has 1 fully saturated rings. The molecule has 2 nitrogen and oxygen atoms in total. The SMILES string of the molecule is CCC1CCCCCN1C(=O)CCCCCl. The predicted molar refractivity (Wildman–Crippen MR) is 68.8 cm³/mol. The second-order valence-corrected chi connectivity index (χ2v) is 5.02. The molecule has 0 aliphatic carbocycles. The zero-order valence-electron chi connectivity index (χ0n) is 10.4. The average molecular weight is 246 g/mol. The van der Waals surface area contributed by atoms with E-state index in [1.807, 2.05) is 0 Å². The Kier molecular flexibility index (Phi) is 6.86. The van der Waals surface area contributed by atoms with Crippen molar-refractivity contribution in [1.29, 1.82) is 0 Å². The lowest BCUT2D eigenvalue weighted by Gasteiger charge is -2.29. The van der Waals surface area contributed by atoms with Gasteiger partial charge in [-0.05, 0) is 32.1 Å². The van der Waals surface area contributed by atoms with Gasteiger partial charge >= 0.3 is 0 Å². The number of rotatable bonds is 5. The van der Waals surface area contributed by atoms with Crippen LogP contribution in [0.3, 0.4) is 0 Å². The number of halogens is 1. The molecule has 0 aromatic rings. The van der Waals surface area contributed by atoms with Crippen LogP contribution in [0.4, 0.5) is 0 Å². The summed E-state index contributed by atoms with van der Waals surface area (Å²) >= 11 is 5.63. The van der Waals surface area contributed by atoms with Gasteiger partial charge in [-0.3, -0.25) is 4.79 Å². The van der Waals surface area contributed by atoms with Crippen LogP contribution < -0.4 is 0 Å². The molecule has 0 saturated carbocycles. The second-order valence-electron chi connectivity index (χ2n) is 4.64. The van der Waals surface area contributed by atoms with Crippen LogP contribution in [0.1, 0.15) is 58.3 Å². The van der Waals surface area contributed by atoms with Crippen LogP contribution in [0, 0.1) is 0 Å². The lowest BCUT2D eigenvalue weighted by molar-refractivity contribution is -0.133. The van der Waals surface area contributed by atoms with Crippen LogP contribution in [0.25, 0.3) is 0 Å². The predicted octanol–water partition coefficient (Wildman–Crippen LogP) is 3.58. The smallest absolute Gasteiger partial charge is 0.222 e. The molecule has 1 rings (SSSR count). The molecule has 16 heavy (non-hydrogen) atoms. The molecule has 1 saturated heterocycles. The average Bonchev–Trinajstić information content (AvgIpc) is 2.54. The van der Waals surface area contributed by atoms with Gasteiger partial charge in [0.05, 0.1) is 0 Å². The van der Waals surface area contributed by atoms with Gasteiger partial charge in [-0.1, -0.05) is 19.8 Å². The third-order valence-corrected chi connectivity index (χ3v) is 3.71. The fourth-order valence-corrected chi connectivity index (χ4v) is 2.63. The number of nitrogens with zero attached hydrogens (tertiary/aromatic N) is 1. The molecule has 1 heterocycles. The molecule has 0 bridgehead atoms. The fraction of sp³-hybridized carbons (Fsp3) is 0.923. The highest BCUT2D eigenvalue weighted by Gasteiger charge is 2.23. The topological polar surface area (TPSA) is 20.3 Å². The molecule has 0 aromatic carbocycles. The van der Waals surface area contributed by atoms with Crippen LogP contribution in [0.5, 0.6) is 0 Å². The highest BCUT2D eigenvalue weighted by molar-refractivity contribution is 6.17. The molecule has 0 spiro atoms. The van der Waals surface area contributed by atoms with Crippen LogP contribution in [-0.4, -0.2) is 29.3 Å². The molecule has 1 amide bonds. The first-order chi connectivity index (χ1) is 7.79. The molecule has 1 unspecified atom stereocenters. The molecular weight excluding hydrogens is 222 g/mol. The lowest BCUT2D eigenvalue weighted by atomic mass is 10.1. The number of amides is 1. The van der Waals surface area contributed by atoms with E-state index in [4.69, 9.17) is 11.6 Å². The lowest BCUT2D eigenvalue weighted by Crippen LogP contribution is -2.39. The summed E-state index contributed by atoms with van der Waals surface area (Å²) in [5, 5.41) is 0.